The minimum Gasteiger partial charge on any atom is -0.467 e. The van der Waals surface area contributed by atoms with E-state index in [0.717, 1.165) is 22.6 Å². The molecule has 0 aliphatic rings. The zero-order valence-corrected chi connectivity index (χ0v) is 14.2. The highest BCUT2D eigenvalue weighted by molar-refractivity contribution is 6.01. The molecule has 0 saturated carbocycles. The lowest BCUT2D eigenvalue weighted by Gasteiger charge is -2.14. The molecule has 0 aliphatic heterocycles. The molecule has 1 N–H and O–H groups in total. The highest BCUT2D eigenvalue weighted by atomic mass is 16.7. The molecule has 0 amide bonds. The number of nitrogens with one attached hydrogen (secondary N) is 1. The molecule has 0 fully saturated rings. The van der Waals surface area contributed by atoms with Gasteiger partial charge in [-0.05, 0) is 19.1 Å². The molecule has 128 valence electrons. The van der Waals surface area contributed by atoms with Crippen LogP contribution in [-0.4, -0.2) is 36.9 Å². The largest absolute Gasteiger partial charge is 0.467 e. The number of carbonyl (C=O) groups is 1. The van der Waals surface area contributed by atoms with Crippen LogP contribution in [0, 0.1) is 0 Å². The van der Waals surface area contributed by atoms with Crippen molar-refractivity contribution in [3.8, 4) is 17.0 Å². The maximum atomic E-state index is 11.1. The zero-order chi connectivity index (χ0) is 17.6. The number of benzene rings is 2. The lowest BCUT2D eigenvalue weighted by molar-refractivity contribution is 0.0227. The lowest BCUT2D eigenvalue weighted by atomic mass is 10.0. The van der Waals surface area contributed by atoms with E-state index in [4.69, 9.17) is 9.47 Å². The van der Waals surface area contributed by atoms with Crippen molar-refractivity contribution in [1.29, 1.82) is 0 Å². The molecule has 3 aromatic rings. The average Bonchev–Trinajstić information content (AvgIpc) is 2.67. The van der Waals surface area contributed by atoms with Gasteiger partial charge in [-0.3, -0.25) is 4.79 Å². The summed E-state index contributed by atoms with van der Waals surface area (Å²) in [5.74, 6) is 1.25. The normalized spacial score (nSPS) is 10.6. The summed E-state index contributed by atoms with van der Waals surface area (Å²) in [6, 6.07) is 13.1. The van der Waals surface area contributed by atoms with Crippen LogP contribution in [0.5, 0.6) is 5.75 Å². The molecule has 0 aliphatic carbocycles. The monoisotopic (exact) mass is 337 g/mol. The Morgan fingerprint density at radius 1 is 1.12 bits per heavy atom. The van der Waals surface area contributed by atoms with Gasteiger partial charge in [0.15, 0.2) is 12.6 Å². The molecule has 0 bridgehead atoms. The van der Waals surface area contributed by atoms with Gasteiger partial charge < -0.3 is 14.8 Å². The Bertz CT molecular complexity index is 896. The maximum absolute atomic E-state index is 11.1. The van der Waals surface area contributed by atoms with E-state index in [1.807, 2.05) is 44.3 Å². The zero-order valence-electron chi connectivity index (χ0n) is 14.2. The number of rotatable bonds is 7. The fourth-order valence-electron chi connectivity index (χ4n) is 2.60. The standard InChI is InChI=1S/C19H19N3O3/c1-3-24-12-25-17-10-13(11-23)8-9-16(17)18-14-6-4-5-7-15(14)19(20-2)22-21-18/h4-11H,3,12H2,1-2H3,(H,20,22). The van der Waals surface area contributed by atoms with Gasteiger partial charge in [-0.15, -0.1) is 10.2 Å². The maximum Gasteiger partial charge on any atom is 0.189 e. The molecule has 6 heteroatoms. The van der Waals surface area contributed by atoms with E-state index in [0.29, 0.717) is 29.4 Å². The molecule has 3 rings (SSSR count). The van der Waals surface area contributed by atoms with Gasteiger partial charge in [0.1, 0.15) is 17.7 Å². The first-order valence-electron chi connectivity index (χ1n) is 8.01. The smallest absolute Gasteiger partial charge is 0.189 e. The molecule has 1 aromatic heterocycles. The molecular weight excluding hydrogens is 318 g/mol. The van der Waals surface area contributed by atoms with Gasteiger partial charge in [-0.1, -0.05) is 30.3 Å². The fourth-order valence-corrected chi connectivity index (χ4v) is 2.60. The van der Waals surface area contributed by atoms with E-state index < -0.39 is 0 Å². The van der Waals surface area contributed by atoms with Crippen molar-refractivity contribution in [2.45, 2.75) is 6.92 Å². The van der Waals surface area contributed by atoms with Crippen LogP contribution in [0.15, 0.2) is 42.5 Å². The Morgan fingerprint density at radius 3 is 2.64 bits per heavy atom. The minimum atomic E-state index is 0.103. The Balaban J connectivity index is 2.15. The summed E-state index contributed by atoms with van der Waals surface area (Å²) in [5.41, 5.74) is 1.98. The van der Waals surface area contributed by atoms with Crippen molar-refractivity contribution >= 4 is 22.9 Å². The van der Waals surface area contributed by atoms with Crippen LogP contribution in [0.2, 0.25) is 0 Å². The number of aromatic nitrogens is 2. The first-order valence-corrected chi connectivity index (χ1v) is 8.01. The molecule has 1 heterocycles. The van der Waals surface area contributed by atoms with Crippen molar-refractivity contribution in [2.75, 3.05) is 25.8 Å². The van der Waals surface area contributed by atoms with Crippen molar-refractivity contribution in [2.24, 2.45) is 0 Å². The van der Waals surface area contributed by atoms with E-state index in [9.17, 15) is 4.79 Å². The number of hydrogen-bond donors (Lipinski definition) is 1. The van der Waals surface area contributed by atoms with Gasteiger partial charge in [-0.2, -0.15) is 0 Å². The third-order valence-electron chi connectivity index (χ3n) is 3.82. The van der Waals surface area contributed by atoms with Crippen molar-refractivity contribution in [3.63, 3.8) is 0 Å². The summed E-state index contributed by atoms with van der Waals surface area (Å²) >= 11 is 0. The van der Waals surface area contributed by atoms with Crippen molar-refractivity contribution < 1.29 is 14.3 Å². The predicted molar refractivity (Wildman–Crippen MR) is 97.0 cm³/mol. The summed E-state index contributed by atoms with van der Waals surface area (Å²) in [5, 5.41) is 13.6. The number of aldehydes is 1. The Hall–Kier alpha value is -2.99. The molecule has 0 unspecified atom stereocenters. The number of carbonyl (C=O) groups excluding carboxylic acids is 1. The van der Waals surface area contributed by atoms with Gasteiger partial charge >= 0.3 is 0 Å². The third-order valence-corrected chi connectivity index (χ3v) is 3.82. The summed E-state index contributed by atoms with van der Waals surface area (Å²) < 4.78 is 11.0. The number of fused-ring (bicyclic) bond motifs is 1. The van der Waals surface area contributed by atoms with Crippen LogP contribution in [0.4, 0.5) is 5.82 Å². The van der Waals surface area contributed by atoms with Crippen LogP contribution in [0.1, 0.15) is 17.3 Å². The van der Waals surface area contributed by atoms with E-state index >= 15 is 0 Å². The summed E-state index contributed by atoms with van der Waals surface area (Å²) in [6.45, 7) is 2.54. The summed E-state index contributed by atoms with van der Waals surface area (Å²) in [6.07, 6.45) is 0.783. The van der Waals surface area contributed by atoms with E-state index in [1.54, 1.807) is 12.1 Å². The molecule has 0 atom stereocenters. The second-order valence-electron chi connectivity index (χ2n) is 5.32. The van der Waals surface area contributed by atoms with E-state index in [-0.39, 0.29) is 6.79 Å². The Labute approximate surface area is 145 Å². The molecular formula is C19H19N3O3. The van der Waals surface area contributed by atoms with Crippen LogP contribution < -0.4 is 10.1 Å². The number of hydrogen-bond acceptors (Lipinski definition) is 6. The first-order chi connectivity index (χ1) is 12.3. The molecule has 2 aromatic carbocycles. The van der Waals surface area contributed by atoms with Gasteiger partial charge in [0, 0.05) is 35.6 Å². The van der Waals surface area contributed by atoms with Gasteiger partial charge in [-0.25, -0.2) is 0 Å². The predicted octanol–water partition coefficient (Wildman–Crippen LogP) is 3.52. The average molecular weight is 337 g/mol. The van der Waals surface area contributed by atoms with Crippen molar-refractivity contribution in [1.82, 2.24) is 10.2 Å². The van der Waals surface area contributed by atoms with Gasteiger partial charge in [0.2, 0.25) is 0 Å². The topological polar surface area (TPSA) is 73.3 Å². The van der Waals surface area contributed by atoms with Crippen LogP contribution >= 0.6 is 0 Å². The van der Waals surface area contributed by atoms with Crippen LogP contribution in [0.3, 0.4) is 0 Å². The Kier molecular flexibility index (Phi) is 5.20. The summed E-state index contributed by atoms with van der Waals surface area (Å²) in [4.78, 5) is 11.1. The van der Waals surface area contributed by atoms with Crippen molar-refractivity contribution in [3.05, 3.63) is 48.0 Å². The number of nitrogens with zero attached hydrogens (tertiary/aromatic N) is 2. The molecule has 0 spiro atoms. The van der Waals surface area contributed by atoms with Crippen LogP contribution in [0.25, 0.3) is 22.0 Å². The number of ether oxygens (including phenoxy) is 2. The molecule has 25 heavy (non-hydrogen) atoms. The van der Waals surface area contributed by atoms with E-state index in [1.165, 1.54) is 0 Å². The lowest BCUT2D eigenvalue weighted by Crippen LogP contribution is -2.05. The first kappa shape index (κ1) is 16.9. The highest BCUT2D eigenvalue weighted by Crippen LogP contribution is 2.35. The van der Waals surface area contributed by atoms with Gasteiger partial charge in [0.05, 0.1) is 0 Å². The van der Waals surface area contributed by atoms with Crippen LogP contribution in [-0.2, 0) is 4.74 Å². The molecule has 6 nitrogen and oxygen atoms in total. The number of anilines is 1. The second-order valence-corrected chi connectivity index (χ2v) is 5.32. The SMILES string of the molecule is CCOCOc1cc(C=O)ccc1-c1nnc(NC)c2ccccc12. The second kappa shape index (κ2) is 7.72. The highest BCUT2D eigenvalue weighted by Gasteiger charge is 2.15. The molecule has 0 saturated heterocycles. The quantitative estimate of drug-likeness (QED) is 0.404. The van der Waals surface area contributed by atoms with E-state index in [2.05, 4.69) is 15.5 Å². The summed E-state index contributed by atoms with van der Waals surface area (Å²) in [7, 11) is 1.81. The molecule has 0 radical (unpaired) electrons. The Morgan fingerprint density at radius 2 is 1.92 bits per heavy atom. The fraction of sp³-hybridized carbons (Fsp3) is 0.211. The van der Waals surface area contributed by atoms with Gasteiger partial charge in [0.25, 0.3) is 0 Å². The third kappa shape index (κ3) is 3.44. The minimum absolute atomic E-state index is 0.103.